The zero-order valence-electron chi connectivity index (χ0n) is 10.9. The molecule has 0 bridgehead atoms. The third-order valence-corrected chi connectivity index (χ3v) is 3.94. The number of nitrogens with one attached hydrogen (secondary N) is 1. The number of anilines is 1. The summed E-state index contributed by atoms with van der Waals surface area (Å²) in [6, 6.07) is 6.70. The van der Waals surface area contributed by atoms with Crippen LogP contribution in [0.4, 0.5) is 5.69 Å². The molecule has 0 unspecified atom stereocenters. The summed E-state index contributed by atoms with van der Waals surface area (Å²) >= 11 is 0. The smallest absolute Gasteiger partial charge is 0.280 e. The zero-order chi connectivity index (χ0) is 14.0. The second kappa shape index (κ2) is 4.93. The Kier molecular flexibility index (Phi) is 3.48. The van der Waals surface area contributed by atoms with E-state index >= 15 is 0 Å². The molecule has 1 heterocycles. The van der Waals surface area contributed by atoms with E-state index in [1.54, 1.807) is 42.8 Å². The monoisotopic (exact) mass is 281 g/mol. The minimum absolute atomic E-state index is 0.00433. The summed E-state index contributed by atoms with van der Waals surface area (Å²) in [5.41, 5.74) is 0.433. The summed E-state index contributed by atoms with van der Waals surface area (Å²) in [7, 11) is -0.411. The van der Waals surface area contributed by atoms with Crippen LogP contribution in [0.3, 0.4) is 0 Å². The van der Waals surface area contributed by atoms with Gasteiger partial charge in [0.2, 0.25) is 0 Å². The van der Waals surface area contributed by atoms with Crippen LogP contribution in [0.15, 0.2) is 35.5 Å². The maximum absolute atomic E-state index is 12.1. The molecule has 0 amide bonds. The topological polar surface area (TPSA) is 73.2 Å². The average molecular weight is 281 g/mol. The van der Waals surface area contributed by atoms with Gasteiger partial charge in [-0.2, -0.15) is 8.42 Å². The first-order chi connectivity index (χ1) is 8.92. The average Bonchev–Trinajstić information content (AvgIpc) is 2.70. The minimum Gasteiger partial charge on any atom is -0.497 e. The standard InChI is InChI=1S/C12H15N3O3S/c1-9-13-12(8-15(9)2)19(16,17)14-10-5-4-6-11(7-10)18-3/h4-8,14H,1-3H3. The fraction of sp³-hybridized carbons (Fsp3) is 0.250. The molecule has 6 nitrogen and oxygen atoms in total. The molecule has 0 fully saturated rings. The van der Waals surface area contributed by atoms with Gasteiger partial charge in [0.05, 0.1) is 12.8 Å². The van der Waals surface area contributed by atoms with Crippen molar-refractivity contribution < 1.29 is 13.2 Å². The zero-order valence-corrected chi connectivity index (χ0v) is 11.7. The third-order valence-electron chi connectivity index (χ3n) is 2.68. The van der Waals surface area contributed by atoms with Crippen molar-refractivity contribution in [2.75, 3.05) is 11.8 Å². The number of hydrogen-bond acceptors (Lipinski definition) is 4. The highest BCUT2D eigenvalue weighted by atomic mass is 32.2. The van der Waals surface area contributed by atoms with Crippen molar-refractivity contribution in [3.63, 3.8) is 0 Å². The Morgan fingerprint density at radius 3 is 2.68 bits per heavy atom. The summed E-state index contributed by atoms with van der Waals surface area (Å²) in [5.74, 6) is 1.21. The van der Waals surface area contributed by atoms with Crippen molar-refractivity contribution in [3.8, 4) is 5.75 Å². The first-order valence-electron chi connectivity index (χ1n) is 5.59. The van der Waals surface area contributed by atoms with E-state index in [0.717, 1.165) is 0 Å². The van der Waals surface area contributed by atoms with Gasteiger partial charge in [0.15, 0.2) is 5.03 Å². The second-order valence-electron chi connectivity index (χ2n) is 4.07. The van der Waals surface area contributed by atoms with E-state index in [2.05, 4.69) is 9.71 Å². The van der Waals surface area contributed by atoms with Crippen molar-refractivity contribution >= 4 is 15.7 Å². The molecule has 0 spiro atoms. The lowest BCUT2D eigenvalue weighted by atomic mass is 10.3. The molecule has 0 radical (unpaired) electrons. The van der Waals surface area contributed by atoms with Gasteiger partial charge in [0, 0.05) is 19.3 Å². The largest absolute Gasteiger partial charge is 0.497 e. The Balaban J connectivity index is 2.30. The summed E-state index contributed by atoms with van der Waals surface area (Å²) < 4.78 is 33.4. The van der Waals surface area contributed by atoms with E-state index in [1.807, 2.05) is 0 Å². The summed E-state index contributed by atoms with van der Waals surface area (Å²) in [5, 5.41) is -0.00433. The van der Waals surface area contributed by atoms with E-state index in [9.17, 15) is 8.42 Å². The van der Waals surface area contributed by atoms with Crippen LogP contribution in [0.1, 0.15) is 5.82 Å². The van der Waals surface area contributed by atoms with Crippen LogP contribution in [0.5, 0.6) is 5.75 Å². The molecular formula is C12H15N3O3S. The van der Waals surface area contributed by atoms with Crippen LogP contribution < -0.4 is 9.46 Å². The van der Waals surface area contributed by atoms with Gasteiger partial charge in [-0.1, -0.05) is 6.07 Å². The maximum atomic E-state index is 12.1. The Morgan fingerprint density at radius 2 is 2.11 bits per heavy atom. The summed E-state index contributed by atoms with van der Waals surface area (Å²) in [6.07, 6.45) is 1.47. The molecule has 7 heteroatoms. The molecule has 0 aliphatic heterocycles. The van der Waals surface area contributed by atoms with Gasteiger partial charge < -0.3 is 9.30 Å². The van der Waals surface area contributed by atoms with Crippen molar-refractivity contribution in [3.05, 3.63) is 36.3 Å². The molecule has 0 atom stereocenters. The van der Waals surface area contributed by atoms with Crippen LogP contribution in [0.2, 0.25) is 0 Å². The summed E-state index contributed by atoms with van der Waals surface area (Å²) in [6.45, 7) is 1.74. The Labute approximate surface area is 112 Å². The number of methoxy groups -OCH3 is 1. The lowest BCUT2D eigenvalue weighted by molar-refractivity contribution is 0.415. The minimum atomic E-state index is -3.68. The molecule has 0 saturated carbocycles. The normalized spacial score (nSPS) is 11.3. The number of hydrogen-bond donors (Lipinski definition) is 1. The van der Waals surface area contributed by atoms with Gasteiger partial charge in [-0.3, -0.25) is 4.72 Å². The number of aryl methyl sites for hydroxylation is 2. The Bertz CT molecular complexity index is 672. The van der Waals surface area contributed by atoms with Gasteiger partial charge in [-0.15, -0.1) is 0 Å². The van der Waals surface area contributed by atoms with E-state index in [-0.39, 0.29) is 5.03 Å². The Hall–Kier alpha value is -2.02. The molecule has 0 saturated heterocycles. The van der Waals surface area contributed by atoms with Gasteiger partial charge in [0.25, 0.3) is 10.0 Å². The third kappa shape index (κ3) is 2.87. The molecule has 0 aliphatic carbocycles. The molecule has 2 aromatic rings. The predicted molar refractivity (Wildman–Crippen MR) is 71.7 cm³/mol. The number of rotatable bonds is 4. The fourth-order valence-electron chi connectivity index (χ4n) is 1.55. The van der Waals surface area contributed by atoms with Crippen molar-refractivity contribution in [1.29, 1.82) is 0 Å². The molecule has 1 N–H and O–H groups in total. The SMILES string of the molecule is COc1cccc(NS(=O)(=O)c2cn(C)c(C)n2)c1. The Morgan fingerprint density at radius 1 is 1.37 bits per heavy atom. The van der Waals surface area contributed by atoms with Crippen LogP contribution in [-0.2, 0) is 17.1 Å². The lowest BCUT2D eigenvalue weighted by Gasteiger charge is -2.07. The van der Waals surface area contributed by atoms with E-state index in [1.165, 1.54) is 13.3 Å². The van der Waals surface area contributed by atoms with Crippen molar-refractivity contribution in [1.82, 2.24) is 9.55 Å². The van der Waals surface area contributed by atoms with Gasteiger partial charge in [-0.05, 0) is 19.1 Å². The van der Waals surface area contributed by atoms with Gasteiger partial charge in [-0.25, -0.2) is 4.98 Å². The fourth-order valence-corrected chi connectivity index (χ4v) is 2.64. The lowest BCUT2D eigenvalue weighted by Crippen LogP contribution is -2.13. The number of imidazole rings is 1. The number of nitrogens with zero attached hydrogens (tertiary/aromatic N) is 2. The van der Waals surface area contributed by atoms with E-state index in [4.69, 9.17) is 4.74 Å². The molecule has 102 valence electrons. The summed E-state index contributed by atoms with van der Waals surface area (Å²) in [4.78, 5) is 4.00. The quantitative estimate of drug-likeness (QED) is 0.922. The van der Waals surface area contributed by atoms with Crippen LogP contribution in [0.25, 0.3) is 0 Å². The number of benzene rings is 1. The number of aromatic nitrogens is 2. The van der Waals surface area contributed by atoms with Gasteiger partial charge >= 0.3 is 0 Å². The second-order valence-corrected chi connectivity index (χ2v) is 5.70. The van der Waals surface area contributed by atoms with E-state index in [0.29, 0.717) is 17.3 Å². The van der Waals surface area contributed by atoms with Crippen LogP contribution in [0, 0.1) is 6.92 Å². The molecule has 2 rings (SSSR count). The van der Waals surface area contributed by atoms with Crippen molar-refractivity contribution in [2.45, 2.75) is 11.9 Å². The number of ether oxygens (including phenoxy) is 1. The molecular weight excluding hydrogens is 266 g/mol. The number of sulfonamides is 1. The van der Waals surface area contributed by atoms with Crippen LogP contribution >= 0.6 is 0 Å². The maximum Gasteiger partial charge on any atom is 0.280 e. The van der Waals surface area contributed by atoms with Crippen LogP contribution in [-0.4, -0.2) is 25.1 Å². The van der Waals surface area contributed by atoms with Crippen molar-refractivity contribution in [2.24, 2.45) is 7.05 Å². The highest BCUT2D eigenvalue weighted by molar-refractivity contribution is 7.92. The molecule has 19 heavy (non-hydrogen) atoms. The molecule has 0 aliphatic rings. The highest BCUT2D eigenvalue weighted by Gasteiger charge is 2.18. The van der Waals surface area contributed by atoms with E-state index < -0.39 is 10.0 Å². The molecule has 1 aromatic carbocycles. The predicted octanol–water partition coefficient (Wildman–Crippen LogP) is 1.54. The van der Waals surface area contributed by atoms with Gasteiger partial charge in [0.1, 0.15) is 11.6 Å². The first kappa shape index (κ1) is 13.4. The molecule has 1 aromatic heterocycles. The first-order valence-corrected chi connectivity index (χ1v) is 7.07. The highest BCUT2D eigenvalue weighted by Crippen LogP contribution is 2.20.